The summed E-state index contributed by atoms with van der Waals surface area (Å²) < 4.78 is 5.10. The van der Waals surface area contributed by atoms with Crippen LogP contribution < -0.4 is 5.32 Å². The van der Waals surface area contributed by atoms with Crippen LogP contribution in [0.3, 0.4) is 0 Å². The SMILES string of the molecule is O=Cc1cncc(C=CCCNC(=O)OCc2ccccc2)c1. The highest BCUT2D eigenvalue weighted by Gasteiger charge is 2.00. The fourth-order valence-electron chi connectivity index (χ4n) is 1.88. The number of nitrogens with zero attached hydrogens (tertiary/aromatic N) is 1. The van der Waals surface area contributed by atoms with E-state index in [1.165, 1.54) is 6.20 Å². The third-order valence-corrected chi connectivity index (χ3v) is 3.02. The molecule has 0 atom stereocenters. The van der Waals surface area contributed by atoms with Gasteiger partial charge < -0.3 is 10.1 Å². The number of hydrogen-bond donors (Lipinski definition) is 1. The van der Waals surface area contributed by atoms with E-state index in [0.29, 0.717) is 18.5 Å². The number of ether oxygens (including phenoxy) is 1. The lowest BCUT2D eigenvalue weighted by Crippen LogP contribution is -2.24. The Morgan fingerprint density at radius 3 is 2.74 bits per heavy atom. The van der Waals surface area contributed by atoms with Crippen LogP contribution in [0.1, 0.15) is 27.9 Å². The molecule has 0 spiro atoms. The summed E-state index contributed by atoms with van der Waals surface area (Å²) in [6, 6.07) is 11.3. The molecule has 0 aliphatic rings. The Morgan fingerprint density at radius 1 is 1.17 bits per heavy atom. The van der Waals surface area contributed by atoms with Gasteiger partial charge >= 0.3 is 6.09 Å². The van der Waals surface area contributed by atoms with E-state index in [4.69, 9.17) is 4.74 Å². The molecule has 5 nitrogen and oxygen atoms in total. The second-order valence-electron chi connectivity index (χ2n) is 4.85. The molecule has 118 valence electrons. The number of amides is 1. The highest BCUT2D eigenvalue weighted by Crippen LogP contribution is 2.03. The monoisotopic (exact) mass is 310 g/mol. The molecule has 5 heteroatoms. The summed E-state index contributed by atoms with van der Waals surface area (Å²) in [5.41, 5.74) is 2.33. The highest BCUT2D eigenvalue weighted by molar-refractivity contribution is 5.75. The van der Waals surface area contributed by atoms with Gasteiger partial charge in [-0.3, -0.25) is 9.78 Å². The summed E-state index contributed by atoms with van der Waals surface area (Å²) in [7, 11) is 0. The van der Waals surface area contributed by atoms with E-state index < -0.39 is 6.09 Å². The molecule has 2 rings (SSSR count). The molecule has 0 saturated heterocycles. The van der Waals surface area contributed by atoms with Crippen LogP contribution in [0.2, 0.25) is 0 Å². The van der Waals surface area contributed by atoms with Crippen molar-refractivity contribution >= 4 is 18.5 Å². The fraction of sp³-hybridized carbons (Fsp3) is 0.167. The topological polar surface area (TPSA) is 68.3 Å². The van der Waals surface area contributed by atoms with Gasteiger partial charge in [0.05, 0.1) is 0 Å². The van der Waals surface area contributed by atoms with Crippen molar-refractivity contribution in [2.45, 2.75) is 13.0 Å². The first kappa shape index (κ1) is 16.4. The molecule has 0 aliphatic heterocycles. The van der Waals surface area contributed by atoms with Crippen LogP contribution in [-0.4, -0.2) is 23.9 Å². The fourth-order valence-corrected chi connectivity index (χ4v) is 1.88. The van der Waals surface area contributed by atoms with Crippen molar-refractivity contribution in [3.63, 3.8) is 0 Å². The van der Waals surface area contributed by atoms with Crippen molar-refractivity contribution in [1.29, 1.82) is 0 Å². The molecular formula is C18H18N2O3. The highest BCUT2D eigenvalue weighted by atomic mass is 16.5. The minimum atomic E-state index is -0.438. The van der Waals surface area contributed by atoms with Crippen molar-refractivity contribution in [1.82, 2.24) is 10.3 Å². The van der Waals surface area contributed by atoms with Gasteiger partial charge in [0.2, 0.25) is 0 Å². The molecule has 1 amide bonds. The van der Waals surface area contributed by atoms with Gasteiger partial charge in [-0.05, 0) is 23.6 Å². The molecule has 0 unspecified atom stereocenters. The first-order valence-electron chi connectivity index (χ1n) is 7.29. The van der Waals surface area contributed by atoms with Crippen LogP contribution in [0.25, 0.3) is 6.08 Å². The first-order valence-corrected chi connectivity index (χ1v) is 7.29. The second-order valence-corrected chi connectivity index (χ2v) is 4.85. The van der Waals surface area contributed by atoms with Crippen molar-refractivity contribution in [2.24, 2.45) is 0 Å². The van der Waals surface area contributed by atoms with E-state index in [0.717, 1.165) is 17.4 Å². The Morgan fingerprint density at radius 2 is 1.96 bits per heavy atom. The molecular weight excluding hydrogens is 292 g/mol. The van der Waals surface area contributed by atoms with Gasteiger partial charge in [0.15, 0.2) is 6.29 Å². The Balaban J connectivity index is 1.65. The molecule has 0 bridgehead atoms. The summed E-state index contributed by atoms with van der Waals surface area (Å²) in [6.45, 7) is 0.734. The van der Waals surface area contributed by atoms with E-state index in [1.807, 2.05) is 42.5 Å². The van der Waals surface area contributed by atoms with Gasteiger partial charge in [-0.25, -0.2) is 4.79 Å². The first-order chi connectivity index (χ1) is 11.3. The van der Waals surface area contributed by atoms with Gasteiger partial charge in [-0.1, -0.05) is 42.5 Å². The number of benzene rings is 1. The summed E-state index contributed by atoms with van der Waals surface area (Å²) in [5, 5.41) is 2.68. The number of hydrogen-bond acceptors (Lipinski definition) is 4. The molecule has 0 aliphatic carbocycles. The molecule has 1 aromatic heterocycles. The number of carbonyl (C=O) groups excluding carboxylic acids is 2. The van der Waals surface area contributed by atoms with Crippen LogP contribution in [-0.2, 0) is 11.3 Å². The molecule has 23 heavy (non-hydrogen) atoms. The van der Waals surface area contributed by atoms with Gasteiger partial charge in [0.25, 0.3) is 0 Å². The molecule has 0 radical (unpaired) electrons. The van der Waals surface area contributed by atoms with Gasteiger partial charge in [-0.15, -0.1) is 0 Å². The number of alkyl carbamates (subject to hydrolysis) is 1. The van der Waals surface area contributed by atoms with E-state index >= 15 is 0 Å². The third-order valence-electron chi connectivity index (χ3n) is 3.02. The largest absolute Gasteiger partial charge is 0.445 e. The standard InChI is InChI=1S/C18H18N2O3/c21-13-17-10-16(11-19-12-17)8-4-5-9-20-18(22)23-14-15-6-2-1-3-7-15/h1-4,6-8,10-13H,5,9,14H2,(H,20,22). The molecule has 1 aromatic carbocycles. The minimum Gasteiger partial charge on any atom is -0.445 e. The summed E-state index contributed by atoms with van der Waals surface area (Å²) >= 11 is 0. The van der Waals surface area contributed by atoms with Crippen LogP contribution in [0.5, 0.6) is 0 Å². The lowest BCUT2D eigenvalue weighted by Gasteiger charge is -2.05. The van der Waals surface area contributed by atoms with Crippen molar-refractivity contribution in [3.05, 3.63) is 71.6 Å². The predicted molar refractivity (Wildman–Crippen MR) is 87.9 cm³/mol. The molecule has 2 aromatic rings. The van der Waals surface area contributed by atoms with E-state index in [2.05, 4.69) is 10.3 Å². The maximum atomic E-state index is 11.5. The maximum absolute atomic E-state index is 11.5. The predicted octanol–water partition coefficient (Wildman–Crippen LogP) is 3.22. The minimum absolute atomic E-state index is 0.257. The smallest absolute Gasteiger partial charge is 0.407 e. The lowest BCUT2D eigenvalue weighted by molar-refractivity contribution is 0.112. The Kier molecular flexibility index (Phi) is 6.53. The van der Waals surface area contributed by atoms with Gasteiger partial charge in [-0.2, -0.15) is 0 Å². The van der Waals surface area contributed by atoms with Gasteiger partial charge in [0, 0.05) is 24.5 Å². The Bertz CT molecular complexity index is 669. The number of carbonyl (C=O) groups is 2. The van der Waals surface area contributed by atoms with E-state index in [9.17, 15) is 9.59 Å². The Labute approximate surface area is 135 Å². The van der Waals surface area contributed by atoms with Crippen LogP contribution in [0.15, 0.2) is 54.9 Å². The number of pyridine rings is 1. The normalized spacial score (nSPS) is 10.4. The molecule has 0 saturated carbocycles. The zero-order valence-electron chi connectivity index (χ0n) is 12.6. The summed E-state index contributed by atoms with van der Waals surface area (Å²) in [5.74, 6) is 0. The molecule has 1 heterocycles. The van der Waals surface area contributed by atoms with Crippen molar-refractivity contribution in [3.8, 4) is 0 Å². The average molecular weight is 310 g/mol. The quantitative estimate of drug-likeness (QED) is 0.630. The lowest BCUT2D eigenvalue weighted by atomic mass is 10.2. The van der Waals surface area contributed by atoms with Crippen LogP contribution in [0.4, 0.5) is 4.79 Å². The molecule has 1 N–H and O–H groups in total. The zero-order chi connectivity index (χ0) is 16.3. The molecule has 0 fully saturated rings. The zero-order valence-corrected chi connectivity index (χ0v) is 12.6. The number of aldehydes is 1. The van der Waals surface area contributed by atoms with Crippen molar-refractivity contribution in [2.75, 3.05) is 6.54 Å². The van der Waals surface area contributed by atoms with Crippen molar-refractivity contribution < 1.29 is 14.3 Å². The average Bonchev–Trinajstić information content (AvgIpc) is 2.61. The van der Waals surface area contributed by atoms with Crippen LogP contribution in [0, 0.1) is 0 Å². The summed E-state index contributed by atoms with van der Waals surface area (Å²) in [6.07, 6.45) is 7.92. The number of rotatable bonds is 7. The Hall–Kier alpha value is -2.95. The van der Waals surface area contributed by atoms with E-state index in [-0.39, 0.29) is 6.61 Å². The maximum Gasteiger partial charge on any atom is 0.407 e. The number of aromatic nitrogens is 1. The van der Waals surface area contributed by atoms with Crippen LogP contribution >= 0.6 is 0 Å². The second kappa shape index (κ2) is 9.15. The van der Waals surface area contributed by atoms with Gasteiger partial charge in [0.1, 0.15) is 6.61 Å². The van der Waals surface area contributed by atoms with E-state index in [1.54, 1.807) is 12.3 Å². The number of nitrogens with one attached hydrogen (secondary N) is 1. The third kappa shape index (κ3) is 6.13. The summed E-state index contributed by atoms with van der Waals surface area (Å²) in [4.78, 5) is 26.1.